The van der Waals surface area contributed by atoms with Crippen molar-refractivity contribution in [1.29, 1.82) is 0 Å². The van der Waals surface area contributed by atoms with Crippen LogP contribution in [-0.4, -0.2) is 22.3 Å². The van der Waals surface area contributed by atoms with Crippen molar-refractivity contribution in [2.24, 2.45) is 9.98 Å². The van der Waals surface area contributed by atoms with Gasteiger partial charge in [0.1, 0.15) is 11.2 Å². The lowest BCUT2D eigenvalue weighted by atomic mass is 10.1. The summed E-state index contributed by atoms with van der Waals surface area (Å²) in [6.07, 6.45) is 4.71. The molecule has 30 heavy (non-hydrogen) atoms. The average molecular weight is 414 g/mol. The van der Waals surface area contributed by atoms with Gasteiger partial charge in [-0.3, -0.25) is 9.98 Å². The van der Waals surface area contributed by atoms with E-state index in [1.54, 1.807) is 23.9 Å². The predicted molar refractivity (Wildman–Crippen MR) is 123 cm³/mol. The fraction of sp³-hybridized carbons (Fsp3) is 0.120. The number of benzene rings is 3. The Bertz CT molecular complexity index is 1390. The summed E-state index contributed by atoms with van der Waals surface area (Å²) in [7, 11) is 0. The number of nitrogens with zero attached hydrogens (tertiary/aromatic N) is 2. The van der Waals surface area contributed by atoms with Gasteiger partial charge in [-0.05, 0) is 36.1 Å². The zero-order chi connectivity index (χ0) is 20.5. The van der Waals surface area contributed by atoms with E-state index in [-0.39, 0.29) is 11.2 Å². The first-order chi connectivity index (χ1) is 14.7. The molecule has 0 saturated heterocycles. The minimum Gasteiger partial charge on any atom is -0.361 e. The van der Waals surface area contributed by atoms with Crippen LogP contribution in [0.4, 0.5) is 4.39 Å². The summed E-state index contributed by atoms with van der Waals surface area (Å²) < 4.78 is 14.8. The van der Waals surface area contributed by atoms with Crippen LogP contribution in [0.15, 0.2) is 89.0 Å². The molecule has 5 heteroatoms. The fourth-order valence-corrected chi connectivity index (χ4v) is 4.52. The third kappa shape index (κ3) is 3.35. The van der Waals surface area contributed by atoms with Crippen molar-refractivity contribution in [3.05, 3.63) is 107 Å². The van der Waals surface area contributed by atoms with Crippen LogP contribution in [-0.2, 0) is 6.42 Å². The molecule has 5 rings (SSSR count). The van der Waals surface area contributed by atoms with E-state index in [1.807, 2.05) is 54.9 Å². The second-order valence-electron chi connectivity index (χ2n) is 7.20. The molecule has 0 fully saturated rings. The SMILES string of the molecule is CSC1N=c2ccccc2=C(c2ccccc2F)N=C1Cc1c[nH]c2ccccc12. The highest BCUT2D eigenvalue weighted by Gasteiger charge is 2.21. The molecule has 2 heterocycles. The molecule has 1 aliphatic heterocycles. The number of hydrogen-bond acceptors (Lipinski definition) is 3. The number of halogens is 1. The van der Waals surface area contributed by atoms with Crippen molar-refractivity contribution in [1.82, 2.24) is 4.98 Å². The van der Waals surface area contributed by atoms with Gasteiger partial charge in [-0.1, -0.05) is 48.5 Å². The van der Waals surface area contributed by atoms with Crippen LogP contribution in [0.1, 0.15) is 11.1 Å². The van der Waals surface area contributed by atoms with Crippen molar-refractivity contribution in [2.75, 3.05) is 6.26 Å². The van der Waals surface area contributed by atoms with Crippen molar-refractivity contribution in [3.63, 3.8) is 0 Å². The summed E-state index contributed by atoms with van der Waals surface area (Å²) in [5.41, 5.74) is 4.32. The van der Waals surface area contributed by atoms with Gasteiger partial charge in [0.25, 0.3) is 0 Å². The highest BCUT2D eigenvalue weighted by molar-refractivity contribution is 7.99. The Kier molecular flexibility index (Phi) is 4.97. The van der Waals surface area contributed by atoms with E-state index in [1.165, 1.54) is 11.5 Å². The summed E-state index contributed by atoms with van der Waals surface area (Å²) in [4.78, 5) is 13.4. The number of aromatic amines is 1. The molecule has 0 amide bonds. The van der Waals surface area contributed by atoms with Crippen LogP contribution in [0.2, 0.25) is 0 Å². The Labute approximate surface area is 178 Å². The largest absolute Gasteiger partial charge is 0.361 e. The molecule has 0 bridgehead atoms. The molecule has 1 aromatic heterocycles. The third-order valence-electron chi connectivity index (χ3n) is 5.35. The van der Waals surface area contributed by atoms with Gasteiger partial charge in [0, 0.05) is 34.3 Å². The Morgan fingerprint density at radius 3 is 2.60 bits per heavy atom. The van der Waals surface area contributed by atoms with Gasteiger partial charge in [0.15, 0.2) is 0 Å². The molecule has 1 unspecified atom stereocenters. The Morgan fingerprint density at radius 1 is 0.967 bits per heavy atom. The highest BCUT2D eigenvalue weighted by atomic mass is 32.2. The molecule has 1 atom stereocenters. The number of thioether (sulfide) groups is 1. The first-order valence-corrected chi connectivity index (χ1v) is 11.1. The number of rotatable bonds is 4. The van der Waals surface area contributed by atoms with Crippen LogP contribution in [0.5, 0.6) is 0 Å². The van der Waals surface area contributed by atoms with Crippen LogP contribution < -0.4 is 10.6 Å². The van der Waals surface area contributed by atoms with Crippen molar-refractivity contribution < 1.29 is 4.39 Å². The Hall–Kier alpha value is -3.18. The van der Waals surface area contributed by atoms with E-state index >= 15 is 0 Å². The lowest BCUT2D eigenvalue weighted by Crippen LogP contribution is -2.28. The van der Waals surface area contributed by atoms with E-state index < -0.39 is 0 Å². The topological polar surface area (TPSA) is 40.5 Å². The molecule has 3 aromatic carbocycles. The standard InChI is InChI=1S/C25H20FN3S/c1-30-25-23(14-16-15-27-21-12-6-3-8-17(16)21)28-24(18-9-2-5-11-20(18)26)19-10-4-7-13-22(19)29-25/h2-13,15,25,27H,14H2,1H3. The zero-order valence-corrected chi connectivity index (χ0v) is 17.3. The van der Waals surface area contributed by atoms with E-state index in [2.05, 4.69) is 17.1 Å². The Balaban J connectivity index is 1.72. The van der Waals surface area contributed by atoms with Gasteiger partial charge in [-0.25, -0.2) is 4.39 Å². The van der Waals surface area contributed by atoms with E-state index in [0.717, 1.165) is 27.4 Å². The highest BCUT2D eigenvalue weighted by Crippen LogP contribution is 2.25. The number of H-pyrrole nitrogens is 1. The van der Waals surface area contributed by atoms with Crippen molar-refractivity contribution in [2.45, 2.75) is 11.8 Å². The van der Waals surface area contributed by atoms with Gasteiger partial charge in [-0.15, -0.1) is 11.8 Å². The number of para-hydroxylation sites is 2. The number of nitrogens with one attached hydrogen (secondary N) is 1. The summed E-state index contributed by atoms with van der Waals surface area (Å²) in [6, 6.07) is 22.9. The molecule has 0 radical (unpaired) electrons. The summed E-state index contributed by atoms with van der Waals surface area (Å²) in [6.45, 7) is 0. The quantitative estimate of drug-likeness (QED) is 0.527. The van der Waals surface area contributed by atoms with Crippen LogP contribution in [0.3, 0.4) is 0 Å². The molecule has 148 valence electrons. The number of fused-ring (bicyclic) bond motifs is 2. The number of aromatic nitrogens is 1. The minimum atomic E-state index is -0.278. The maximum Gasteiger partial charge on any atom is 0.134 e. The van der Waals surface area contributed by atoms with E-state index in [4.69, 9.17) is 9.98 Å². The fourth-order valence-electron chi connectivity index (χ4n) is 3.89. The second kappa shape index (κ2) is 7.92. The Morgan fingerprint density at radius 2 is 1.73 bits per heavy atom. The number of aliphatic imine (C=N–C) groups is 1. The van der Waals surface area contributed by atoms with Gasteiger partial charge in [0.2, 0.25) is 0 Å². The maximum atomic E-state index is 14.8. The molecule has 0 saturated carbocycles. The molecular weight excluding hydrogens is 393 g/mol. The van der Waals surface area contributed by atoms with Gasteiger partial charge >= 0.3 is 0 Å². The molecular formula is C25H20FN3S. The van der Waals surface area contributed by atoms with Crippen LogP contribution in [0.25, 0.3) is 16.6 Å². The predicted octanol–water partition coefficient (Wildman–Crippen LogP) is 4.47. The maximum absolute atomic E-state index is 14.8. The lowest BCUT2D eigenvalue weighted by molar-refractivity contribution is 0.623. The summed E-state index contributed by atoms with van der Waals surface area (Å²) in [5.74, 6) is -0.278. The molecule has 1 N–H and O–H groups in total. The summed E-state index contributed by atoms with van der Waals surface area (Å²) in [5, 5.41) is 2.74. The number of hydrogen-bond donors (Lipinski definition) is 1. The first-order valence-electron chi connectivity index (χ1n) is 9.82. The van der Waals surface area contributed by atoms with Gasteiger partial charge in [-0.2, -0.15) is 0 Å². The molecule has 3 nitrogen and oxygen atoms in total. The van der Waals surface area contributed by atoms with E-state index in [9.17, 15) is 4.39 Å². The van der Waals surface area contributed by atoms with Crippen molar-refractivity contribution >= 4 is 34.1 Å². The average Bonchev–Trinajstić information content (AvgIpc) is 3.11. The van der Waals surface area contributed by atoms with Crippen LogP contribution in [0, 0.1) is 5.82 Å². The van der Waals surface area contributed by atoms with Gasteiger partial charge < -0.3 is 4.98 Å². The first kappa shape index (κ1) is 18.8. The molecule has 0 aliphatic carbocycles. The lowest BCUT2D eigenvalue weighted by Gasteiger charge is -2.13. The normalized spacial score (nSPS) is 16.0. The molecule has 4 aromatic rings. The molecule has 1 aliphatic rings. The van der Waals surface area contributed by atoms with Crippen LogP contribution >= 0.6 is 11.8 Å². The third-order valence-corrected chi connectivity index (χ3v) is 6.18. The van der Waals surface area contributed by atoms with Gasteiger partial charge in [0.05, 0.1) is 16.8 Å². The zero-order valence-electron chi connectivity index (χ0n) is 16.5. The van der Waals surface area contributed by atoms with E-state index in [0.29, 0.717) is 17.7 Å². The van der Waals surface area contributed by atoms with Crippen molar-refractivity contribution in [3.8, 4) is 0 Å². The second-order valence-corrected chi connectivity index (χ2v) is 8.12. The monoisotopic (exact) mass is 413 g/mol. The summed E-state index contributed by atoms with van der Waals surface area (Å²) >= 11 is 1.64. The molecule has 0 spiro atoms. The smallest absolute Gasteiger partial charge is 0.134 e. The minimum absolute atomic E-state index is 0.135.